The molecule has 1 heterocycles. The average molecular weight is 486 g/mol. The van der Waals surface area contributed by atoms with E-state index in [9.17, 15) is 13.2 Å². The molecule has 0 fully saturated rings. The molecule has 1 aromatic carbocycles. The van der Waals surface area contributed by atoms with Gasteiger partial charge >= 0.3 is 0 Å². The van der Waals surface area contributed by atoms with Crippen molar-refractivity contribution in [2.75, 3.05) is 6.26 Å². The molecule has 0 aliphatic rings. The molecule has 5 heteroatoms. The Bertz CT molecular complexity index is 950. The van der Waals surface area contributed by atoms with Gasteiger partial charge in [-0.05, 0) is 37.1 Å². The summed E-state index contributed by atoms with van der Waals surface area (Å²) < 4.78 is 23.5. The third kappa shape index (κ3) is 10.1. The molecule has 4 nitrogen and oxygen atoms in total. The molecule has 2 aromatic rings. The van der Waals surface area contributed by atoms with Crippen LogP contribution in [-0.4, -0.2) is 25.4 Å². The highest BCUT2D eigenvalue weighted by atomic mass is 32.2. The lowest BCUT2D eigenvalue weighted by molar-refractivity contribution is 0.0951. The van der Waals surface area contributed by atoms with Crippen molar-refractivity contribution in [1.82, 2.24) is 4.98 Å². The molecule has 34 heavy (non-hydrogen) atoms. The minimum atomic E-state index is -3.28. The number of aryl methyl sites for hydroxylation is 1. The van der Waals surface area contributed by atoms with Crippen LogP contribution in [0.3, 0.4) is 0 Å². The predicted octanol–water partition coefficient (Wildman–Crippen LogP) is 7.85. The number of sulfone groups is 1. The van der Waals surface area contributed by atoms with E-state index in [1.165, 1.54) is 82.6 Å². The molecule has 0 bridgehead atoms. The Balaban J connectivity index is 1.84. The lowest BCUT2D eigenvalue weighted by atomic mass is 9.89. The van der Waals surface area contributed by atoms with Crippen LogP contribution in [0.15, 0.2) is 47.5 Å². The molecular formula is C29H43NO3S. The maximum atomic E-state index is 13.3. The topological polar surface area (TPSA) is 64.1 Å². The van der Waals surface area contributed by atoms with Crippen molar-refractivity contribution >= 4 is 15.6 Å². The first kappa shape index (κ1) is 28.2. The number of hydrogen-bond acceptors (Lipinski definition) is 4. The fraction of sp³-hybridized carbons (Fsp3) is 0.586. The normalized spacial score (nSPS) is 12.6. The van der Waals surface area contributed by atoms with Gasteiger partial charge in [0.1, 0.15) is 0 Å². The van der Waals surface area contributed by atoms with E-state index in [1.54, 1.807) is 12.1 Å². The van der Waals surface area contributed by atoms with Crippen LogP contribution in [0.4, 0.5) is 0 Å². The first-order valence-corrected chi connectivity index (χ1v) is 15.0. The minimum absolute atomic E-state index is 0.0134. The molecule has 1 unspecified atom stereocenters. The number of ketones is 1. The first-order valence-electron chi connectivity index (χ1n) is 13.1. The number of Topliss-reactive ketones (excluding diaryl/α,β-unsaturated/α-hetero) is 1. The van der Waals surface area contributed by atoms with Gasteiger partial charge in [0, 0.05) is 18.0 Å². The van der Waals surface area contributed by atoms with Crippen molar-refractivity contribution in [3.8, 4) is 0 Å². The number of carbonyl (C=O) groups excluding carboxylic acids is 1. The van der Waals surface area contributed by atoms with Gasteiger partial charge in [-0.15, -0.1) is 0 Å². The maximum absolute atomic E-state index is 13.3. The van der Waals surface area contributed by atoms with Crippen LogP contribution in [0.1, 0.15) is 118 Å². The summed E-state index contributed by atoms with van der Waals surface area (Å²) in [5, 5.41) is 0. The number of carbonyl (C=O) groups is 1. The smallest absolute Gasteiger partial charge is 0.175 e. The monoisotopic (exact) mass is 485 g/mol. The first-order chi connectivity index (χ1) is 16.3. The minimum Gasteiger partial charge on any atom is -0.293 e. The Kier molecular flexibility index (Phi) is 12.5. The molecular weight excluding hydrogens is 442 g/mol. The van der Waals surface area contributed by atoms with Crippen LogP contribution in [-0.2, 0) is 9.84 Å². The second-order valence-corrected chi connectivity index (χ2v) is 11.7. The number of benzene rings is 1. The molecule has 0 radical (unpaired) electrons. The highest BCUT2D eigenvalue weighted by Crippen LogP contribution is 2.27. The number of aromatic nitrogens is 1. The SMILES string of the molecule is CCCCCCCCCCCCCCC(C(=O)c1ccc(S(C)(=O)=O)cc1)c1ccc(C)cn1. The summed E-state index contributed by atoms with van der Waals surface area (Å²) in [7, 11) is -3.28. The van der Waals surface area contributed by atoms with Gasteiger partial charge in [-0.25, -0.2) is 8.42 Å². The number of unbranched alkanes of at least 4 members (excludes halogenated alkanes) is 11. The Morgan fingerprint density at radius 2 is 1.32 bits per heavy atom. The number of pyridine rings is 1. The van der Waals surface area contributed by atoms with E-state index in [2.05, 4.69) is 11.9 Å². The molecule has 188 valence electrons. The second kappa shape index (κ2) is 15.1. The number of rotatable bonds is 17. The highest BCUT2D eigenvalue weighted by molar-refractivity contribution is 7.90. The van der Waals surface area contributed by atoms with Crippen LogP contribution < -0.4 is 0 Å². The van der Waals surface area contributed by atoms with Crippen molar-refractivity contribution in [3.63, 3.8) is 0 Å². The summed E-state index contributed by atoms with van der Waals surface area (Å²) in [5.74, 6) is -0.285. The van der Waals surface area contributed by atoms with E-state index in [-0.39, 0.29) is 16.6 Å². The van der Waals surface area contributed by atoms with Gasteiger partial charge in [0.2, 0.25) is 0 Å². The molecule has 0 N–H and O–H groups in total. The molecule has 1 aromatic heterocycles. The third-order valence-electron chi connectivity index (χ3n) is 6.52. The summed E-state index contributed by atoms with van der Waals surface area (Å²) in [6.45, 7) is 4.25. The van der Waals surface area contributed by atoms with E-state index < -0.39 is 9.84 Å². The largest absolute Gasteiger partial charge is 0.293 e. The molecule has 0 saturated heterocycles. The van der Waals surface area contributed by atoms with E-state index in [4.69, 9.17) is 0 Å². The van der Waals surface area contributed by atoms with E-state index in [0.717, 1.165) is 30.5 Å². The van der Waals surface area contributed by atoms with Gasteiger partial charge in [-0.3, -0.25) is 9.78 Å². The van der Waals surface area contributed by atoms with Crippen LogP contribution in [0.2, 0.25) is 0 Å². The average Bonchev–Trinajstić information content (AvgIpc) is 2.82. The molecule has 0 aliphatic heterocycles. The molecule has 0 aliphatic carbocycles. The molecule has 2 rings (SSSR count). The highest BCUT2D eigenvalue weighted by Gasteiger charge is 2.23. The van der Waals surface area contributed by atoms with Crippen molar-refractivity contribution in [2.24, 2.45) is 0 Å². The van der Waals surface area contributed by atoms with Gasteiger partial charge < -0.3 is 0 Å². The molecule has 0 amide bonds. The predicted molar refractivity (Wildman–Crippen MR) is 141 cm³/mol. The lowest BCUT2D eigenvalue weighted by Gasteiger charge is -2.16. The summed E-state index contributed by atoms with van der Waals surface area (Å²) >= 11 is 0. The van der Waals surface area contributed by atoms with Gasteiger partial charge in [-0.1, -0.05) is 102 Å². The number of nitrogens with zero attached hydrogens (tertiary/aromatic N) is 1. The van der Waals surface area contributed by atoms with Gasteiger partial charge in [0.15, 0.2) is 15.6 Å². The zero-order chi connectivity index (χ0) is 24.8. The Morgan fingerprint density at radius 3 is 1.79 bits per heavy atom. The zero-order valence-electron chi connectivity index (χ0n) is 21.4. The lowest BCUT2D eigenvalue weighted by Crippen LogP contribution is -2.15. The van der Waals surface area contributed by atoms with Gasteiger partial charge in [0.05, 0.1) is 16.5 Å². The third-order valence-corrected chi connectivity index (χ3v) is 7.65. The van der Waals surface area contributed by atoms with E-state index in [1.807, 2.05) is 25.3 Å². The Morgan fingerprint density at radius 1 is 0.794 bits per heavy atom. The fourth-order valence-corrected chi connectivity index (χ4v) is 4.99. The van der Waals surface area contributed by atoms with E-state index in [0.29, 0.717) is 5.56 Å². The summed E-state index contributed by atoms with van der Waals surface area (Å²) in [4.78, 5) is 18.1. The number of hydrogen-bond donors (Lipinski definition) is 0. The van der Waals surface area contributed by atoms with Crippen LogP contribution in [0, 0.1) is 6.92 Å². The molecule has 0 saturated carbocycles. The summed E-state index contributed by atoms with van der Waals surface area (Å²) in [5.41, 5.74) is 2.40. The molecule has 0 spiro atoms. The standard InChI is InChI=1S/C29H43NO3S/c1-4-5-6-7-8-9-10-11-12-13-14-15-16-27(28-22-17-24(2)23-30-28)29(31)25-18-20-26(21-19-25)34(3,32)33/h17-23,27H,4-16H2,1-3H3. The van der Waals surface area contributed by atoms with Gasteiger partial charge in [0.25, 0.3) is 0 Å². The Labute approximate surface area is 207 Å². The van der Waals surface area contributed by atoms with Crippen molar-refractivity contribution < 1.29 is 13.2 Å². The summed E-state index contributed by atoms with van der Waals surface area (Å²) in [6.07, 6.45) is 19.2. The fourth-order valence-electron chi connectivity index (χ4n) is 4.36. The van der Waals surface area contributed by atoms with Crippen molar-refractivity contribution in [3.05, 3.63) is 59.4 Å². The van der Waals surface area contributed by atoms with Crippen molar-refractivity contribution in [2.45, 2.75) is 108 Å². The molecule has 1 atom stereocenters. The maximum Gasteiger partial charge on any atom is 0.175 e. The van der Waals surface area contributed by atoms with E-state index >= 15 is 0 Å². The Hall–Kier alpha value is -2.01. The summed E-state index contributed by atoms with van der Waals surface area (Å²) in [6, 6.07) is 10.2. The van der Waals surface area contributed by atoms with Crippen LogP contribution in [0.25, 0.3) is 0 Å². The van der Waals surface area contributed by atoms with Gasteiger partial charge in [-0.2, -0.15) is 0 Å². The zero-order valence-corrected chi connectivity index (χ0v) is 22.2. The quantitative estimate of drug-likeness (QED) is 0.169. The second-order valence-electron chi connectivity index (χ2n) is 9.65. The van der Waals surface area contributed by atoms with Crippen LogP contribution in [0.5, 0.6) is 0 Å². The van der Waals surface area contributed by atoms with Crippen molar-refractivity contribution in [1.29, 1.82) is 0 Å². The van der Waals surface area contributed by atoms with Crippen LogP contribution >= 0.6 is 0 Å².